The van der Waals surface area contributed by atoms with Crippen molar-refractivity contribution in [2.24, 2.45) is 0 Å². The molecule has 0 aliphatic heterocycles. The molecule has 0 radical (unpaired) electrons. The van der Waals surface area contributed by atoms with Crippen molar-refractivity contribution in [2.75, 3.05) is 0 Å². The maximum atomic E-state index is 10.5. The van der Waals surface area contributed by atoms with Crippen molar-refractivity contribution in [1.29, 1.82) is 0 Å². The minimum absolute atomic E-state index is 0.132. The third-order valence-corrected chi connectivity index (χ3v) is 1.46. The standard InChI is InChI=1S/C5H10INO/c1-2-3-4-5(8)7-6/h2-4H2,1H3,(H,7,8). The molecule has 0 saturated heterocycles. The lowest BCUT2D eigenvalue weighted by atomic mass is 10.2. The normalized spacial score (nSPS) is 8.75. The number of rotatable bonds is 3. The van der Waals surface area contributed by atoms with E-state index in [-0.39, 0.29) is 5.91 Å². The highest BCUT2D eigenvalue weighted by molar-refractivity contribution is 14.1. The predicted molar refractivity (Wildman–Crippen MR) is 41.7 cm³/mol. The molecule has 0 aromatic rings. The van der Waals surface area contributed by atoms with Crippen molar-refractivity contribution in [3.8, 4) is 0 Å². The van der Waals surface area contributed by atoms with E-state index in [9.17, 15) is 4.79 Å². The largest absolute Gasteiger partial charge is 0.299 e. The van der Waals surface area contributed by atoms with Crippen LogP contribution in [0.2, 0.25) is 0 Å². The van der Waals surface area contributed by atoms with Crippen molar-refractivity contribution in [3.63, 3.8) is 0 Å². The third kappa shape index (κ3) is 4.36. The fraction of sp³-hybridized carbons (Fsp3) is 0.800. The van der Waals surface area contributed by atoms with E-state index >= 15 is 0 Å². The molecule has 2 nitrogen and oxygen atoms in total. The molecule has 1 amide bonds. The zero-order valence-electron chi connectivity index (χ0n) is 4.91. The van der Waals surface area contributed by atoms with Crippen molar-refractivity contribution >= 4 is 28.8 Å². The van der Waals surface area contributed by atoms with E-state index in [4.69, 9.17) is 0 Å². The molecule has 0 heterocycles. The Kier molecular flexibility index (Phi) is 5.47. The Morgan fingerprint density at radius 3 is 2.75 bits per heavy atom. The Labute approximate surface area is 63.5 Å². The van der Waals surface area contributed by atoms with Gasteiger partial charge < -0.3 is 0 Å². The van der Waals surface area contributed by atoms with Crippen molar-refractivity contribution in [3.05, 3.63) is 0 Å². The Morgan fingerprint density at radius 2 is 2.38 bits per heavy atom. The highest BCUT2D eigenvalue weighted by atomic mass is 127. The van der Waals surface area contributed by atoms with Crippen LogP contribution < -0.4 is 3.53 Å². The topological polar surface area (TPSA) is 29.1 Å². The quantitative estimate of drug-likeness (QED) is 0.576. The average molecular weight is 227 g/mol. The summed E-state index contributed by atoms with van der Waals surface area (Å²) in [6, 6.07) is 0. The number of amides is 1. The minimum atomic E-state index is 0.132. The number of nitrogens with one attached hydrogen (secondary N) is 1. The van der Waals surface area contributed by atoms with Gasteiger partial charge in [-0.05, 0) is 6.42 Å². The Balaban J connectivity index is 2.99. The van der Waals surface area contributed by atoms with Gasteiger partial charge >= 0.3 is 0 Å². The molecule has 0 fully saturated rings. The number of unbranched alkanes of at least 4 members (excludes halogenated alkanes) is 1. The summed E-state index contributed by atoms with van der Waals surface area (Å²) < 4.78 is 2.53. The van der Waals surface area contributed by atoms with Crippen LogP contribution in [0.25, 0.3) is 0 Å². The highest BCUT2D eigenvalue weighted by Crippen LogP contribution is 1.93. The van der Waals surface area contributed by atoms with E-state index in [0.29, 0.717) is 6.42 Å². The van der Waals surface area contributed by atoms with Gasteiger partial charge in [0, 0.05) is 6.42 Å². The van der Waals surface area contributed by atoms with Crippen LogP contribution in [0.4, 0.5) is 0 Å². The smallest absolute Gasteiger partial charge is 0.228 e. The minimum Gasteiger partial charge on any atom is -0.299 e. The summed E-state index contributed by atoms with van der Waals surface area (Å²) in [7, 11) is 0. The maximum absolute atomic E-state index is 10.5. The monoisotopic (exact) mass is 227 g/mol. The summed E-state index contributed by atoms with van der Waals surface area (Å²) in [6.07, 6.45) is 2.75. The SMILES string of the molecule is CCCCC(=O)NI. The molecule has 0 spiro atoms. The van der Waals surface area contributed by atoms with Gasteiger partial charge in [-0.25, -0.2) is 0 Å². The van der Waals surface area contributed by atoms with Crippen molar-refractivity contribution < 1.29 is 4.79 Å². The molecule has 0 atom stereocenters. The van der Waals surface area contributed by atoms with E-state index < -0.39 is 0 Å². The van der Waals surface area contributed by atoms with Crippen molar-refractivity contribution in [2.45, 2.75) is 26.2 Å². The molecule has 0 aromatic heterocycles. The zero-order valence-corrected chi connectivity index (χ0v) is 7.07. The summed E-state index contributed by atoms with van der Waals surface area (Å²) in [5.74, 6) is 0.132. The third-order valence-electron chi connectivity index (χ3n) is 0.863. The lowest BCUT2D eigenvalue weighted by molar-refractivity contribution is -0.118. The second kappa shape index (κ2) is 5.34. The second-order valence-electron chi connectivity index (χ2n) is 1.62. The molecule has 0 bridgehead atoms. The molecular weight excluding hydrogens is 217 g/mol. The summed E-state index contributed by atoms with van der Waals surface area (Å²) in [5, 5.41) is 0. The molecule has 0 rings (SSSR count). The van der Waals surface area contributed by atoms with Crippen LogP contribution in [0.3, 0.4) is 0 Å². The summed E-state index contributed by atoms with van der Waals surface area (Å²) >= 11 is 1.85. The van der Waals surface area contributed by atoms with Crippen LogP contribution in [-0.2, 0) is 4.79 Å². The molecule has 1 N–H and O–H groups in total. The van der Waals surface area contributed by atoms with Crippen LogP contribution in [0, 0.1) is 0 Å². The van der Waals surface area contributed by atoms with Crippen LogP contribution in [0.5, 0.6) is 0 Å². The number of carbonyl (C=O) groups excluding carboxylic acids is 1. The Morgan fingerprint density at radius 1 is 1.75 bits per heavy atom. The van der Waals surface area contributed by atoms with Crippen LogP contribution in [-0.4, -0.2) is 5.91 Å². The molecule has 3 heteroatoms. The first-order valence-electron chi connectivity index (χ1n) is 2.70. The van der Waals surface area contributed by atoms with E-state index in [1.807, 2.05) is 22.9 Å². The molecular formula is C5H10INO. The summed E-state index contributed by atoms with van der Waals surface area (Å²) in [5.41, 5.74) is 0. The molecule has 0 saturated carbocycles. The van der Waals surface area contributed by atoms with E-state index in [0.717, 1.165) is 12.8 Å². The first-order chi connectivity index (χ1) is 3.81. The maximum Gasteiger partial charge on any atom is 0.228 e. The number of hydrogen-bond acceptors (Lipinski definition) is 1. The number of hydrogen-bond donors (Lipinski definition) is 1. The van der Waals surface area contributed by atoms with Gasteiger partial charge in [0.2, 0.25) is 5.91 Å². The number of carbonyl (C=O) groups is 1. The molecule has 0 aliphatic rings. The molecule has 0 unspecified atom stereocenters. The molecule has 8 heavy (non-hydrogen) atoms. The van der Waals surface area contributed by atoms with Crippen LogP contribution >= 0.6 is 22.9 Å². The Hall–Kier alpha value is 0.200. The fourth-order valence-corrected chi connectivity index (χ4v) is 0.654. The Bertz CT molecular complexity index is 74.8. The van der Waals surface area contributed by atoms with Gasteiger partial charge in [0.05, 0.1) is 22.9 Å². The lowest BCUT2D eigenvalue weighted by Gasteiger charge is -1.92. The van der Waals surface area contributed by atoms with Gasteiger partial charge in [-0.3, -0.25) is 8.32 Å². The van der Waals surface area contributed by atoms with Gasteiger partial charge in [-0.1, -0.05) is 13.3 Å². The highest BCUT2D eigenvalue weighted by Gasteiger charge is 1.93. The first-order valence-corrected chi connectivity index (χ1v) is 3.78. The second-order valence-corrected chi connectivity index (χ2v) is 2.16. The summed E-state index contributed by atoms with van der Waals surface area (Å²) in [6.45, 7) is 2.07. The first kappa shape index (κ1) is 8.20. The van der Waals surface area contributed by atoms with E-state index in [1.165, 1.54) is 0 Å². The van der Waals surface area contributed by atoms with Gasteiger partial charge in [-0.15, -0.1) is 0 Å². The van der Waals surface area contributed by atoms with E-state index in [2.05, 4.69) is 10.5 Å². The van der Waals surface area contributed by atoms with Gasteiger partial charge in [-0.2, -0.15) is 0 Å². The molecule has 48 valence electrons. The predicted octanol–water partition coefficient (Wildman–Crippen LogP) is 1.64. The van der Waals surface area contributed by atoms with Crippen LogP contribution in [0.1, 0.15) is 26.2 Å². The van der Waals surface area contributed by atoms with Crippen LogP contribution in [0.15, 0.2) is 0 Å². The molecule has 0 aliphatic carbocycles. The molecule has 0 aromatic carbocycles. The van der Waals surface area contributed by atoms with Gasteiger partial charge in [0.1, 0.15) is 0 Å². The number of halogens is 1. The van der Waals surface area contributed by atoms with Crippen molar-refractivity contribution in [1.82, 2.24) is 3.53 Å². The van der Waals surface area contributed by atoms with Gasteiger partial charge in [0.25, 0.3) is 0 Å². The lowest BCUT2D eigenvalue weighted by Crippen LogP contribution is -2.09. The fourth-order valence-electron chi connectivity index (χ4n) is 0.385. The average Bonchev–Trinajstić information content (AvgIpc) is 1.83. The van der Waals surface area contributed by atoms with Gasteiger partial charge in [0.15, 0.2) is 0 Å². The van der Waals surface area contributed by atoms with E-state index in [1.54, 1.807) is 0 Å². The zero-order chi connectivity index (χ0) is 6.41. The summed E-state index contributed by atoms with van der Waals surface area (Å²) in [4.78, 5) is 10.5.